The fourth-order valence-electron chi connectivity index (χ4n) is 2.18. The van der Waals surface area contributed by atoms with Crippen molar-refractivity contribution in [1.29, 1.82) is 0 Å². The average molecular weight is 370 g/mol. The highest BCUT2D eigenvalue weighted by Gasteiger charge is 2.22. The van der Waals surface area contributed by atoms with E-state index in [-0.39, 0.29) is 17.4 Å². The molecule has 0 aliphatic rings. The Labute approximate surface area is 157 Å². The highest BCUT2D eigenvalue weighted by Crippen LogP contribution is 2.21. The number of nitro benzene ring substituents is 1. The minimum absolute atomic E-state index is 0.0470. The molecule has 0 heterocycles. The Morgan fingerprint density at radius 1 is 1.04 bits per heavy atom. The first kappa shape index (κ1) is 20.1. The van der Waals surface area contributed by atoms with Crippen LogP contribution in [-0.4, -0.2) is 22.7 Å². The van der Waals surface area contributed by atoms with E-state index >= 15 is 0 Å². The number of non-ortho nitro benzene ring substituents is 1. The zero-order valence-corrected chi connectivity index (χ0v) is 15.7. The number of ketones is 1. The molecule has 0 saturated carbocycles. The van der Waals surface area contributed by atoms with Crippen molar-refractivity contribution in [2.75, 3.05) is 5.32 Å². The number of nitro groups is 1. The van der Waals surface area contributed by atoms with Crippen LogP contribution in [0.2, 0.25) is 0 Å². The fraction of sp³-hybridized carbons (Fsp3) is 0.300. The summed E-state index contributed by atoms with van der Waals surface area (Å²) in [5.41, 5.74) is 0.490. The summed E-state index contributed by atoms with van der Waals surface area (Å²) < 4.78 is 5.56. The third-order valence-corrected chi connectivity index (χ3v) is 3.84. The van der Waals surface area contributed by atoms with Crippen LogP contribution in [0.5, 0.6) is 5.75 Å². The summed E-state index contributed by atoms with van der Waals surface area (Å²) in [6.45, 7) is 7.06. The molecular formula is C20H22N2O5. The lowest BCUT2D eigenvalue weighted by atomic mass is 9.95. The van der Waals surface area contributed by atoms with Crippen LogP contribution >= 0.6 is 0 Å². The van der Waals surface area contributed by atoms with E-state index in [2.05, 4.69) is 5.32 Å². The van der Waals surface area contributed by atoms with Crippen LogP contribution in [0.25, 0.3) is 0 Å². The number of hydrogen-bond acceptors (Lipinski definition) is 5. The number of rotatable bonds is 6. The van der Waals surface area contributed by atoms with Gasteiger partial charge in [0.2, 0.25) is 11.7 Å². The Bertz CT molecular complexity index is 836. The van der Waals surface area contributed by atoms with Crippen molar-refractivity contribution in [1.82, 2.24) is 0 Å². The van der Waals surface area contributed by atoms with Gasteiger partial charge in [-0.05, 0) is 43.3 Å². The van der Waals surface area contributed by atoms with Gasteiger partial charge >= 0.3 is 0 Å². The molecule has 1 atom stereocenters. The molecule has 0 aromatic heterocycles. The normalized spacial score (nSPS) is 12.1. The largest absolute Gasteiger partial charge is 0.483 e. The van der Waals surface area contributed by atoms with E-state index in [0.29, 0.717) is 17.0 Å². The Balaban J connectivity index is 2.02. The van der Waals surface area contributed by atoms with Gasteiger partial charge < -0.3 is 10.1 Å². The average Bonchev–Trinajstić information content (AvgIpc) is 2.61. The molecule has 2 aromatic carbocycles. The van der Waals surface area contributed by atoms with Gasteiger partial charge in [0.1, 0.15) is 5.75 Å². The van der Waals surface area contributed by atoms with Gasteiger partial charge in [0, 0.05) is 28.8 Å². The third kappa shape index (κ3) is 5.37. The van der Waals surface area contributed by atoms with Crippen molar-refractivity contribution in [3.8, 4) is 5.75 Å². The summed E-state index contributed by atoms with van der Waals surface area (Å²) in [7, 11) is 0. The fourth-order valence-corrected chi connectivity index (χ4v) is 2.18. The maximum atomic E-state index is 12.5. The van der Waals surface area contributed by atoms with Gasteiger partial charge in [0.05, 0.1) is 4.92 Å². The predicted molar refractivity (Wildman–Crippen MR) is 102 cm³/mol. The number of hydrogen-bond donors (Lipinski definition) is 1. The second-order valence-corrected chi connectivity index (χ2v) is 7.16. The van der Waals surface area contributed by atoms with Gasteiger partial charge in [-0.15, -0.1) is 0 Å². The second-order valence-electron chi connectivity index (χ2n) is 7.16. The summed E-state index contributed by atoms with van der Waals surface area (Å²) >= 11 is 0. The van der Waals surface area contributed by atoms with E-state index in [1.165, 1.54) is 24.3 Å². The Morgan fingerprint density at radius 2 is 1.59 bits per heavy atom. The van der Waals surface area contributed by atoms with Crippen molar-refractivity contribution >= 4 is 23.1 Å². The molecule has 0 unspecified atom stereocenters. The number of nitrogens with zero attached hydrogens (tertiary/aromatic N) is 1. The lowest BCUT2D eigenvalue weighted by Crippen LogP contribution is -2.27. The highest BCUT2D eigenvalue weighted by atomic mass is 16.6. The van der Waals surface area contributed by atoms with Crippen molar-refractivity contribution in [3.63, 3.8) is 0 Å². The SMILES string of the molecule is C[C@@H](Oc1ccc([N+](=O)[O-])cc1)C(=O)c1ccc(NC(=O)C(C)(C)C)cc1. The first-order chi connectivity index (χ1) is 12.6. The van der Waals surface area contributed by atoms with Gasteiger partial charge in [-0.1, -0.05) is 20.8 Å². The van der Waals surface area contributed by atoms with E-state index in [4.69, 9.17) is 4.74 Å². The highest BCUT2D eigenvalue weighted by molar-refractivity contribution is 6.00. The van der Waals surface area contributed by atoms with Crippen LogP contribution in [-0.2, 0) is 4.79 Å². The molecule has 0 fully saturated rings. The van der Waals surface area contributed by atoms with E-state index in [9.17, 15) is 19.7 Å². The molecule has 0 saturated heterocycles. The molecule has 1 amide bonds. The van der Waals surface area contributed by atoms with Crippen molar-refractivity contribution in [2.45, 2.75) is 33.8 Å². The summed E-state index contributed by atoms with van der Waals surface area (Å²) in [4.78, 5) is 34.6. The Hall–Kier alpha value is -3.22. The Morgan fingerprint density at radius 3 is 2.07 bits per heavy atom. The smallest absolute Gasteiger partial charge is 0.269 e. The molecule has 1 N–H and O–H groups in total. The third-order valence-electron chi connectivity index (χ3n) is 3.84. The number of nitrogens with one attached hydrogen (secondary N) is 1. The number of carbonyl (C=O) groups excluding carboxylic acids is 2. The quantitative estimate of drug-likeness (QED) is 0.466. The molecule has 7 nitrogen and oxygen atoms in total. The van der Waals surface area contributed by atoms with E-state index in [1.54, 1.807) is 31.2 Å². The minimum Gasteiger partial charge on any atom is -0.483 e. The predicted octanol–water partition coefficient (Wildman–Crippen LogP) is 4.23. The van der Waals surface area contributed by atoms with E-state index < -0.39 is 16.4 Å². The molecule has 142 valence electrons. The number of carbonyl (C=O) groups is 2. The maximum Gasteiger partial charge on any atom is 0.269 e. The molecule has 0 bridgehead atoms. The maximum absolute atomic E-state index is 12.5. The Kier molecular flexibility index (Phi) is 5.95. The standard InChI is InChI=1S/C20H22N2O5/c1-13(27-17-11-9-16(10-12-17)22(25)26)18(23)14-5-7-15(8-6-14)21-19(24)20(2,3)4/h5-13H,1-4H3,(H,21,24)/t13-/m1/s1. The van der Waals surface area contributed by atoms with Gasteiger partial charge in [0.25, 0.3) is 5.69 Å². The molecule has 2 rings (SSSR count). The van der Waals surface area contributed by atoms with E-state index in [0.717, 1.165) is 0 Å². The minimum atomic E-state index is -0.763. The number of benzene rings is 2. The van der Waals surface area contributed by atoms with Gasteiger partial charge in [0.15, 0.2) is 6.10 Å². The van der Waals surface area contributed by atoms with Crippen LogP contribution in [0.1, 0.15) is 38.1 Å². The van der Waals surface area contributed by atoms with E-state index in [1.807, 2.05) is 20.8 Å². The number of ether oxygens (including phenoxy) is 1. The van der Waals surface area contributed by atoms with Crippen molar-refractivity contribution in [2.24, 2.45) is 5.41 Å². The van der Waals surface area contributed by atoms with Gasteiger partial charge in [-0.3, -0.25) is 19.7 Å². The number of amides is 1. The zero-order valence-electron chi connectivity index (χ0n) is 15.7. The van der Waals surface area contributed by atoms with Crippen LogP contribution in [0, 0.1) is 15.5 Å². The number of anilines is 1. The first-order valence-corrected chi connectivity index (χ1v) is 8.45. The monoisotopic (exact) mass is 370 g/mol. The first-order valence-electron chi connectivity index (χ1n) is 8.45. The molecule has 7 heteroatoms. The van der Waals surface area contributed by atoms with Crippen LogP contribution in [0.3, 0.4) is 0 Å². The van der Waals surface area contributed by atoms with Gasteiger partial charge in [-0.25, -0.2) is 0 Å². The summed E-state index contributed by atoms with van der Waals surface area (Å²) in [5, 5.41) is 13.5. The summed E-state index contributed by atoms with van der Waals surface area (Å²) in [5.74, 6) is 0.0222. The van der Waals surface area contributed by atoms with Crippen molar-refractivity contribution < 1.29 is 19.2 Å². The molecule has 2 aromatic rings. The molecule has 27 heavy (non-hydrogen) atoms. The topological polar surface area (TPSA) is 98.5 Å². The summed E-state index contributed by atoms with van der Waals surface area (Å²) in [6.07, 6.45) is -0.763. The molecular weight excluding hydrogens is 348 g/mol. The number of Topliss-reactive ketones (excluding diaryl/α,β-unsaturated/α-hetero) is 1. The van der Waals surface area contributed by atoms with Crippen molar-refractivity contribution in [3.05, 3.63) is 64.2 Å². The summed E-state index contributed by atoms with van der Waals surface area (Å²) in [6, 6.07) is 12.1. The lowest BCUT2D eigenvalue weighted by Gasteiger charge is -2.18. The van der Waals surface area contributed by atoms with Crippen LogP contribution in [0.4, 0.5) is 11.4 Å². The zero-order chi connectivity index (χ0) is 20.2. The molecule has 0 aliphatic heterocycles. The molecule has 0 aliphatic carbocycles. The molecule has 0 spiro atoms. The lowest BCUT2D eigenvalue weighted by molar-refractivity contribution is -0.384. The van der Waals surface area contributed by atoms with Crippen LogP contribution < -0.4 is 10.1 Å². The molecule has 0 radical (unpaired) electrons. The second kappa shape index (κ2) is 7.99. The van der Waals surface area contributed by atoms with Gasteiger partial charge in [-0.2, -0.15) is 0 Å². The van der Waals surface area contributed by atoms with Crippen LogP contribution in [0.15, 0.2) is 48.5 Å².